The number of carbonyl (C=O) groups is 2. The van der Waals surface area contributed by atoms with Crippen LogP contribution in [0, 0.1) is 6.92 Å². The van der Waals surface area contributed by atoms with Crippen molar-refractivity contribution in [3.05, 3.63) is 29.3 Å². The molecular formula is C19H28N4O2. The molecular weight excluding hydrogens is 316 g/mol. The second kappa shape index (κ2) is 7.87. The molecule has 0 aromatic heterocycles. The number of rotatable bonds is 3. The topological polar surface area (TPSA) is 69.9 Å². The van der Waals surface area contributed by atoms with Gasteiger partial charge in [0.1, 0.15) is 0 Å². The van der Waals surface area contributed by atoms with Gasteiger partial charge >= 0.3 is 0 Å². The maximum absolute atomic E-state index is 12.7. The first kappa shape index (κ1) is 17.7. The molecule has 2 amide bonds. The van der Waals surface area contributed by atoms with Crippen LogP contribution in [0.4, 0.5) is 5.69 Å². The van der Waals surface area contributed by atoms with Gasteiger partial charge < -0.3 is 15.5 Å². The van der Waals surface area contributed by atoms with Crippen molar-refractivity contribution in [3.63, 3.8) is 0 Å². The van der Waals surface area contributed by atoms with Gasteiger partial charge in [0.05, 0.1) is 6.54 Å². The van der Waals surface area contributed by atoms with Gasteiger partial charge in [-0.05, 0) is 43.9 Å². The summed E-state index contributed by atoms with van der Waals surface area (Å²) in [5, 5.41) is 0. The lowest BCUT2D eigenvalue weighted by molar-refractivity contribution is -0.133. The second-order valence-corrected chi connectivity index (χ2v) is 7.08. The molecule has 1 aromatic rings. The minimum atomic E-state index is 0.0341. The molecule has 6 heteroatoms. The molecule has 0 radical (unpaired) electrons. The molecule has 0 aliphatic carbocycles. The van der Waals surface area contributed by atoms with Crippen molar-refractivity contribution < 1.29 is 9.59 Å². The van der Waals surface area contributed by atoms with E-state index in [1.807, 2.05) is 28.9 Å². The molecule has 2 fully saturated rings. The number of benzene rings is 1. The van der Waals surface area contributed by atoms with Crippen molar-refractivity contribution >= 4 is 17.5 Å². The Balaban J connectivity index is 1.52. The van der Waals surface area contributed by atoms with E-state index in [1.54, 1.807) is 6.07 Å². The van der Waals surface area contributed by atoms with Gasteiger partial charge in [-0.2, -0.15) is 0 Å². The Bertz CT molecular complexity index is 632. The number of amides is 2. The summed E-state index contributed by atoms with van der Waals surface area (Å²) < 4.78 is 0. The Morgan fingerprint density at radius 1 is 0.960 bits per heavy atom. The van der Waals surface area contributed by atoms with Crippen LogP contribution in [0.5, 0.6) is 0 Å². The quantitative estimate of drug-likeness (QED) is 0.841. The van der Waals surface area contributed by atoms with Crippen molar-refractivity contribution in [2.75, 3.05) is 51.5 Å². The molecule has 0 unspecified atom stereocenters. The summed E-state index contributed by atoms with van der Waals surface area (Å²) in [4.78, 5) is 31.1. The standard InChI is InChI=1S/C19H28N4O2/c1-15-5-6-16(20)13-17(15)19(25)23-11-9-21(10-12-23)14-18(24)22-7-3-2-4-8-22/h5-6,13H,2-4,7-12,14,20H2,1H3. The molecule has 6 nitrogen and oxygen atoms in total. The number of piperidine rings is 1. The van der Waals surface area contributed by atoms with Crippen molar-refractivity contribution in [3.8, 4) is 0 Å². The maximum atomic E-state index is 12.7. The molecule has 0 atom stereocenters. The number of nitrogens with two attached hydrogens (primary N) is 1. The summed E-state index contributed by atoms with van der Waals surface area (Å²) >= 11 is 0. The number of piperazine rings is 1. The summed E-state index contributed by atoms with van der Waals surface area (Å²) in [5.41, 5.74) is 8.06. The Morgan fingerprint density at radius 2 is 1.64 bits per heavy atom. The molecule has 0 saturated carbocycles. The lowest BCUT2D eigenvalue weighted by atomic mass is 10.1. The molecule has 0 bridgehead atoms. The highest BCUT2D eigenvalue weighted by Crippen LogP contribution is 2.16. The summed E-state index contributed by atoms with van der Waals surface area (Å²) in [6.45, 7) is 6.98. The SMILES string of the molecule is Cc1ccc(N)cc1C(=O)N1CCN(CC(=O)N2CCCCC2)CC1. The molecule has 3 rings (SSSR count). The smallest absolute Gasteiger partial charge is 0.254 e. The van der Waals surface area contributed by atoms with Gasteiger partial charge in [-0.1, -0.05) is 6.07 Å². The number of hydrogen-bond acceptors (Lipinski definition) is 4. The summed E-state index contributed by atoms with van der Waals surface area (Å²) in [6, 6.07) is 5.45. The van der Waals surface area contributed by atoms with Crippen LogP contribution in [0.25, 0.3) is 0 Å². The molecule has 2 aliphatic rings. The predicted octanol–water partition coefficient (Wildman–Crippen LogP) is 1.35. The molecule has 2 saturated heterocycles. The number of nitrogens with zero attached hydrogens (tertiary/aromatic N) is 3. The van der Waals surface area contributed by atoms with E-state index in [0.29, 0.717) is 30.9 Å². The summed E-state index contributed by atoms with van der Waals surface area (Å²) in [6.07, 6.45) is 3.47. The molecule has 0 spiro atoms. The van der Waals surface area contributed by atoms with E-state index in [0.717, 1.165) is 44.6 Å². The molecule has 25 heavy (non-hydrogen) atoms. The zero-order valence-corrected chi connectivity index (χ0v) is 15.0. The van der Waals surface area contributed by atoms with E-state index < -0.39 is 0 Å². The number of aryl methyl sites for hydroxylation is 1. The Labute approximate surface area is 149 Å². The van der Waals surface area contributed by atoms with Crippen molar-refractivity contribution in [2.24, 2.45) is 0 Å². The van der Waals surface area contributed by atoms with Crippen LogP contribution >= 0.6 is 0 Å². The summed E-state index contributed by atoms with van der Waals surface area (Å²) in [7, 11) is 0. The fraction of sp³-hybridized carbons (Fsp3) is 0.579. The molecule has 2 aliphatic heterocycles. The Kier molecular flexibility index (Phi) is 5.58. The van der Waals surface area contributed by atoms with Gasteiger partial charge in [0, 0.05) is 50.5 Å². The zero-order valence-electron chi connectivity index (χ0n) is 15.0. The number of anilines is 1. The number of likely N-dealkylation sites (tertiary alicyclic amines) is 1. The van der Waals surface area contributed by atoms with Gasteiger partial charge in [0.2, 0.25) is 5.91 Å². The highest BCUT2D eigenvalue weighted by Gasteiger charge is 2.26. The Morgan fingerprint density at radius 3 is 2.32 bits per heavy atom. The third-order valence-corrected chi connectivity index (χ3v) is 5.22. The van der Waals surface area contributed by atoms with E-state index in [2.05, 4.69) is 4.90 Å². The number of hydrogen-bond donors (Lipinski definition) is 1. The van der Waals surface area contributed by atoms with E-state index >= 15 is 0 Å². The van der Waals surface area contributed by atoms with Crippen LogP contribution in [0.2, 0.25) is 0 Å². The average molecular weight is 344 g/mol. The fourth-order valence-corrected chi connectivity index (χ4v) is 3.58. The zero-order chi connectivity index (χ0) is 17.8. The van der Waals surface area contributed by atoms with Gasteiger partial charge in [-0.25, -0.2) is 0 Å². The monoisotopic (exact) mass is 344 g/mol. The normalized spacial score (nSPS) is 19.1. The lowest BCUT2D eigenvalue weighted by Gasteiger charge is -2.36. The van der Waals surface area contributed by atoms with Gasteiger partial charge in [0.25, 0.3) is 5.91 Å². The van der Waals surface area contributed by atoms with Gasteiger partial charge in [-0.15, -0.1) is 0 Å². The highest BCUT2D eigenvalue weighted by molar-refractivity contribution is 5.96. The van der Waals surface area contributed by atoms with Crippen molar-refractivity contribution in [1.82, 2.24) is 14.7 Å². The van der Waals surface area contributed by atoms with Crippen molar-refractivity contribution in [1.29, 1.82) is 0 Å². The minimum absolute atomic E-state index is 0.0341. The van der Waals surface area contributed by atoms with Crippen LogP contribution in [-0.2, 0) is 4.79 Å². The van der Waals surface area contributed by atoms with Crippen LogP contribution in [0.15, 0.2) is 18.2 Å². The van der Waals surface area contributed by atoms with Crippen LogP contribution < -0.4 is 5.73 Å². The Hall–Kier alpha value is -2.08. The lowest BCUT2D eigenvalue weighted by Crippen LogP contribution is -2.52. The number of carbonyl (C=O) groups excluding carboxylic acids is 2. The first-order valence-corrected chi connectivity index (χ1v) is 9.20. The van der Waals surface area contributed by atoms with Crippen molar-refractivity contribution in [2.45, 2.75) is 26.2 Å². The third kappa shape index (κ3) is 4.31. The minimum Gasteiger partial charge on any atom is -0.399 e. The molecule has 2 N–H and O–H groups in total. The van der Waals surface area contributed by atoms with E-state index in [-0.39, 0.29) is 11.8 Å². The van der Waals surface area contributed by atoms with Gasteiger partial charge in [-0.3, -0.25) is 14.5 Å². The predicted molar refractivity (Wildman–Crippen MR) is 98.4 cm³/mol. The highest BCUT2D eigenvalue weighted by atomic mass is 16.2. The van der Waals surface area contributed by atoms with Crippen LogP contribution in [0.1, 0.15) is 35.2 Å². The van der Waals surface area contributed by atoms with Crippen LogP contribution in [0.3, 0.4) is 0 Å². The first-order valence-electron chi connectivity index (χ1n) is 9.20. The van der Waals surface area contributed by atoms with E-state index in [1.165, 1.54) is 6.42 Å². The van der Waals surface area contributed by atoms with E-state index in [9.17, 15) is 9.59 Å². The second-order valence-electron chi connectivity index (χ2n) is 7.08. The van der Waals surface area contributed by atoms with Gasteiger partial charge in [0.15, 0.2) is 0 Å². The molecule has 136 valence electrons. The maximum Gasteiger partial charge on any atom is 0.254 e. The first-order chi connectivity index (χ1) is 12.0. The summed E-state index contributed by atoms with van der Waals surface area (Å²) in [5.74, 6) is 0.262. The van der Waals surface area contributed by atoms with Crippen LogP contribution in [-0.4, -0.2) is 72.3 Å². The average Bonchev–Trinajstić information content (AvgIpc) is 2.64. The molecule has 2 heterocycles. The third-order valence-electron chi connectivity index (χ3n) is 5.22. The largest absolute Gasteiger partial charge is 0.399 e. The fourth-order valence-electron chi connectivity index (χ4n) is 3.58. The molecule has 1 aromatic carbocycles. The van der Waals surface area contributed by atoms with E-state index in [4.69, 9.17) is 5.73 Å². The number of nitrogen functional groups attached to an aromatic ring is 1.